The van der Waals surface area contributed by atoms with E-state index in [2.05, 4.69) is 27.7 Å². The van der Waals surface area contributed by atoms with Gasteiger partial charge < -0.3 is 9.47 Å². The lowest BCUT2D eigenvalue weighted by molar-refractivity contribution is 0.0210. The second-order valence-electron chi connectivity index (χ2n) is 8.08. The zero-order chi connectivity index (χ0) is 14.3. The van der Waals surface area contributed by atoms with E-state index in [4.69, 9.17) is 9.47 Å². The molecule has 3 aliphatic rings. The Bertz CT molecular complexity index is 325. The summed E-state index contributed by atoms with van der Waals surface area (Å²) in [5.74, 6) is 5.69. The van der Waals surface area contributed by atoms with E-state index in [9.17, 15) is 0 Å². The summed E-state index contributed by atoms with van der Waals surface area (Å²) in [4.78, 5) is 0. The van der Waals surface area contributed by atoms with Gasteiger partial charge in [0.05, 0.1) is 18.8 Å². The van der Waals surface area contributed by atoms with Gasteiger partial charge in [-0.2, -0.15) is 0 Å². The Hall–Kier alpha value is -0.0800. The molecule has 6 unspecified atom stereocenters. The van der Waals surface area contributed by atoms with Crippen LogP contribution in [0.15, 0.2) is 0 Å². The fourth-order valence-electron chi connectivity index (χ4n) is 5.30. The van der Waals surface area contributed by atoms with Crippen molar-refractivity contribution in [3.05, 3.63) is 0 Å². The van der Waals surface area contributed by atoms with Crippen LogP contribution in [0.3, 0.4) is 0 Å². The molecule has 3 saturated carbocycles. The van der Waals surface area contributed by atoms with Crippen LogP contribution < -0.4 is 0 Å². The number of hydrogen-bond donors (Lipinski definition) is 0. The van der Waals surface area contributed by atoms with Crippen molar-refractivity contribution >= 4 is 0 Å². The molecule has 0 spiro atoms. The lowest BCUT2D eigenvalue weighted by Gasteiger charge is -2.31. The molecule has 2 bridgehead atoms. The Morgan fingerprint density at radius 2 is 1.40 bits per heavy atom. The Morgan fingerprint density at radius 1 is 0.750 bits per heavy atom. The molecule has 0 heterocycles. The summed E-state index contributed by atoms with van der Waals surface area (Å²) in [6.07, 6.45) is 6.59. The zero-order valence-electron chi connectivity index (χ0n) is 13.7. The fourth-order valence-corrected chi connectivity index (χ4v) is 5.30. The van der Waals surface area contributed by atoms with E-state index in [0.717, 1.165) is 48.7 Å². The molecule has 3 fully saturated rings. The minimum Gasteiger partial charge on any atom is -0.379 e. The summed E-state index contributed by atoms with van der Waals surface area (Å²) >= 11 is 0. The molecule has 2 heteroatoms. The first-order valence-electron chi connectivity index (χ1n) is 8.77. The molecule has 0 aromatic heterocycles. The van der Waals surface area contributed by atoms with Crippen molar-refractivity contribution in [1.29, 1.82) is 0 Å². The van der Waals surface area contributed by atoms with Crippen molar-refractivity contribution in [2.24, 2.45) is 35.5 Å². The van der Waals surface area contributed by atoms with Gasteiger partial charge in [-0.15, -0.1) is 0 Å². The van der Waals surface area contributed by atoms with E-state index < -0.39 is 0 Å². The summed E-state index contributed by atoms with van der Waals surface area (Å²) in [6.45, 7) is 10.6. The normalized spacial score (nSPS) is 42.9. The minimum atomic E-state index is 0.388. The van der Waals surface area contributed by atoms with Gasteiger partial charge in [0.25, 0.3) is 0 Å². The van der Waals surface area contributed by atoms with Gasteiger partial charge in [-0.25, -0.2) is 0 Å². The SMILES string of the molecule is CC(C)OCC1CC2C3CC(COC(C)C)C(C3)C2C1. The van der Waals surface area contributed by atoms with Crippen LogP contribution in [0.4, 0.5) is 0 Å². The third-order valence-electron chi connectivity index (χ3n) is 6.01. The highest BCUT2D eigenvalue weighted by molar-refractivity contribution is 5.04. The van der Waals surface area contributed by atoms with Gasteiger partial charge in [0, 0.05) is 6.61 Å². The summed E-state index contributed by atoms with van der Waals surface area (Å²) in [7, 11) is 0. The first-order chi connectivity index (χ1) is 9.54. The zero-order valence-corrected chi connectivity index (χ0v) is 13.7. The largest absolute Gasteiger partial charge is 0.379 e. The number of ether oxygens (including phenoxy) is 2. The molecule has 3 rings (SSSR count). The standard InChI is InChI=1S/C18H32O2/c1-11(2)19-9-13-5-16-14-7-15(10-20-12(3)4)17(8-14)18(16)6-13/h11-18H,5-10H2,1-4H3. The Labute approximate surface area is 124 Å². The van der Waals surface area contributed by atoms with E-state index >= 15 is 0 Å². The number of rotatable bonds is 6. The summed E-state index contributed by atoms with van der Waals surface area (Å²) in [5.41, 5.74) is 0. The quantitative estimate of drug-likeness (QED) is 0.728. The Kier molecular flexibility index (Phi) is 4.42. The van der Waals surface area contributed by atoms with E-state index in [1.807, 2.05) is 0 Å². The second kappa shape index (κ2) is 5.96. The van der Waals surface area contributed by atoms with Gasteiger partial charge in [0.2, 0.25) is 0 Å². The summed E-state index contributed by atoms with van der Waals surface area (Å²) in [6, 6.07) is 0. The number of hydrogen-bond acceptors (Lipinski definition) is 2. The predicted molar refractivity (Wildman–Crippen MR) is 81.6 cm³/mol. The van der Waals surface area contributed by atoms with E-state index in [1.165, 1.54) is 25.7 Å². The molecule has 0 N–H and O–H groups in total. The average Bonchev–Trinajstić information content (AvgIpc) is 3.04. The maximum absolute atomic E-state index is 5.91. The summed E-state index contributed by atoms with van der Waals surface area (Å²) in [5, 5.41) is 0. The smallest absolute Gasteiger partial charge is 0.0519 e. The monoisotopic (exact) mass is 280 g/mol. The molecule has 0 aromatic rings. The van der Waals surface area contributed by atoms with Crippen LogP contribution in [0.5, 0.6) is 0 Å². The molecule has 0 radical (unpaired) electrons. The highest BCUT2D eigenvalue weighted by Crippen LogP contribution is 2.62. The third-order valence-corrected chi connectivity index (χ3v) is 6.01. The first kappa shape index (κ1) is 14.8. The van der Waals surface area contributed by atoms with Crippen LogP contribution in [0, 0.1) is 35.5 Å². The molecular weight excluding hydrogens is 248 g/mol. The van der Waals surface area contributed by atoms with Crippen molar-refractivity contribution in [3.63, 3.8) is 0 Å². The molecule has 6 atom stereocenters. The highest BCUT2D eigenvalue weighted by Gasteiger charge is 2.55. The van der Waals surface area contributed by atoms with E-state index in [-0.39, 0.29) is 0 Å². The summed E-state index contributed by atoms with van der Waals surface area (Å²) < 4.78 is 11.8. The second-order valence-corrected chi connectivity index (χ2v) is 8.08. The average molecular weight is 280 g/mol. The lowest BCUT2D eigenvalue weighted by atomic mass is 9.76. The van der Waals surface area contributed by atoms with Crippen LogP contribution in [-0.4, -0.2) is 25.4 Å². The van der Waals surface area contributed by atoms with Crippen LogP contribution in [0.25, 0.3) is 0 Å². The van der Waals surface area contributed by atoms with Gasteiger partial charge >= 0.3 is 0 Å². The van der Waals surface area contributed by atoms with Crippen molar-refractivity contribution in [2.75, 3.05) is 13.2 Å². The molecule has 3 aliphatic carbocycles. The highest BCUT2D eigenvalue weighted by atomic mass is 16.5. The van der Waals surface area contributed by atoms with E-state index in [0.29, 0.717) is 12.2 Å². The van der Waals surface area contributed by atoms with Gasteiger partial charge in [-0.1, -0.05) is 0 Å². The maximum atomic E-state index is 5.91. The molecule has 0 aliphatic heterocycles. The van der Waals surface area contributed by atoms with Crippen LogP contribution in [0.2, 0.25) is 0 Å². The number of fused-ring (bicyclic) bond motifs is 5. The minimum absolute atomic E-state index is 0.388. The van der Waals surface area contributed by atoms with Gasteiger partial charge in [0.15, 0.2) is 0 Å². The molecule has 0 amide bonds. The van der Waals surface area contributed by atoms with Crippen molar-refractivity contribution in [2.45, 2.75) is 65.6 Å². The Morgan fingerprint density at radius 3 is 2.10 bits per heavy atom. The molecule has 2 nitrogen and oxygen atoms in total. The first-order valence-corrected chi connectivity index (χ1v) is 8.77. The van der Waals surface area contributed by atoms with Crippen LogP contribution in [0.1, 0.15) is 53.4 Å². The van der Waals surface area contributed by atoms with Crippen molar-refractivity contribution in [1.82, 2.24) is 0 Å². The fraction of sp³-hybridized carbons (Fsp3) is 1.00. The van der Waals surface area contributed by atoms with Gasteiger partial charge in [0.1, 0.15) is 0 Å². The lowest BCUT2D eigenvalue weighted by Crippen LogP contribution is -2.28. The Balaban J connectivity index is 1.52. The molecule has 0 saturated heterocycles. The molecular formula is C18H32O2. The third kappa shape index (κ3) is 2.92. The van der Waals surface area contributed by atoms with Crippen molar-refractivity contribution in [3.8, 4) is 0 Å². The van der Waals surface area contributed by atoms with E-state index in [1.54, 1.807) is 0 Å². The molecule has 116 valence electrons. The molecule has 20 heavy (non-hydrogen) atoms. The van der Waals surface area contributed by atoms with Crippen molar-refractivity contribution < 1.29 is 9.47 Å². The van der Waals surface area contributed by atoms with Gasteiger partial charge in [-0.3, -0.25) is 0 Å². The van der Waals surface area contributed by atoms with Crippen LogP contribution in [-0.2, 0) is 9.47 Å². The van der Waals surface area contributed by atoms with Gasteiger partial charge in [-0.05, 0) is 88.9 Å². The topological polar surface area (TPSA) is 18.5 Å². The predicted octanol–water partition coefficient (Wildman–Crippen LogP) is 4.13. The maximum Gasteiger partial charge on any atom is 0.0519 e. The molecule has 0 aromatic carbocycles. The van der Waals surface area contributed by atoms with Crippen LogP contribution >= 0.6 is 0 Å².